The Hall–Kier alpha value is -2.18. The first-order chi connectivity index (χ1) is 28.5. The standard InChI is InChI=1S/C52H95NO5/c1-4-7-10-13-16-19-22-25-28-31-34-37-40-43-48(58-52(57)45-42-39-36-33-30-27-24-21-18-15-12-9-6-3)46-51(56)53-49(47-54)50(55)44-41-38-35-32-29-26-23-20-17-14-11-8-5-2/h9,12,15,18-19,21-22,24,48-50,54-55H,4-8,10-11,13-14,16-17,20,23,25-47H2,1-3H3,(H,53,56)/b12-9+,18-15+,22-19-,24-21-. The molecule has 3 N–H and O–H groups in total. The molecule has 0 bridgehead atoms. The van der Waals surface area contributed by atoms with E-state index < -0.39 is 18.2 Å². The number of ether oxygens (including phenoxy) is 1. The Labute approximate surface area is 359 Å². The van der Waals surface area contributed by atoms with Crippen molar-refractivity contribution in [2.75, 3.05) is 6.61 Å². The zero-order valence-corrected chi connectivity index (χ0v) is 38.4. The summed E-state index contributed by atoms with van der Waals surface area (Å²) in [6.45, 7) is 6.33. The van der Waals surface area contributed by atoms with Gasteiger partial charge in [-0.3, -0.25) is 9.59 Å². The van der Waals surface area contributed by atoms with E-state index in [1.165, 1.54) is 109 Å². The lowest BCUT2D eigenvalue weighted by molar-refractivity contribution is -0.151. The Morgan fingerprint density at radius 3 is 1.47 bits per heavy atom. The maximum absolute atomic E-state index is 13.2. The Morgan fingerprint density at radius 2 is 0.948 bits per heavy atom. The number of esters is 1. The molecule has 58 heavy (non-hydrogen) atoms. The Kier molecular flexibility index (Phi) is 44.2. The first kappa shape index (κ1) is 55.8. The number of aliphatic hydroxyl groups excluding tert-OH is 2. The van der Waals surface area contributed by atoms with Crippen LogP contribution in [0.4, 0.5) is 0 Å². The maximum atomic E-state index is 13.2. The van der Waals surface area contributed by atoms with Crippen LogP contribution in [0.1, 0.15) is 245 Å². The molecule has 0 radical (unpaired) electrons. The molecule has 0 aliphatic rings. The van der Waals surface area contributed by atoms with Crippen LogP contribution in [0.25, 0.3) is 0 Å². The van der Waals surface area contributed by atoms with Crippen LogP contribution in [-0.2, 0) is 14.3 Å². The second kappa shape index (κ2) is 45.9. The molecule has 338 valence electrons. The number of rotatable bonds is 44. The third-order valence-corrected chi connectivity index (χ3v) is 11.2. The molecular formula is C52H95NO5. The molecule has 6 heteroatoms. The Morgan fingerprint density at radius 1 is 0.517 bits per heavy atom. The summed E-state index contributed by atoms with van der Waals surface area (Å²) in [7, 11) is 0. The zero-order valence-electron chi connectivity index (χ0n) is 38.4. The minimum absolute atomic E-state index is 0.0638. The van der Waals surface area contributed by atoms with Crippen molar-refractivity contribution >= 4 is 11.9 Å². The molecule has 0 rings (SSSR count). The maximum Gasteiger partial charge on any atom is 0.306 e. The van der Waals surface area contributed by atoms with Gasteiger partial charge < -0.3 is 20.3 Å². The molecular weight excluding hydrogens is 719 g/mol. The summed E-state index contributed by atoms with van der Waals surface area (Å²) in [5, 5.41) is 23.7. The lowest BCUT2D eigenvalue weighted by atomic mass is 10.0. The average molecular weight is 814 g/mol. The molecule has 0 aliphatic heterocycles. The monoisotopic (exact) mass is 814 g/mol. The number of aliphatic hydroxyl groups is 2. The normalized spacial score (nSPS) is 13.7. The number of hydrogen-bond acceptors (Lipinski definition) is 5. The SMILES string of the molecule is CC/C=C/C=C/C=C\CCCCCCCC(=O)OC(CCCCCCC/C=C\CCCCCC)CC(=O)NC(CO)C(O)CCCCCCCCCCCCCCC. The molecule has 0 aliphatic carbocycles. The van der Waals surface area contributed by atoms with E-state index in [2.05, 4.69) is 74.7 Å². The van der Waals surface area contributed by atoms with Crippen LogP contribution in [0.2, 0.25) is 0 Å². The summed E-state index contributed by atoms with van der Waals surface area (Å²) in [5.74, 6) is -0.503. The van der Waals surface area contributed by atoms with Crippen molar-refractivity contribution in [1.82, 2.24) is 5.32 Å². The second-order valence-corrected chi connectivity index (χ2v) is 16.9. The highest BCUT2D eigenvalue weighted by molar-refractivity contribution is 5.77. The summed E-state index contributed by atoms with van der Waals surface area (Å²) < 4.78 is 5.91. The van der Waals surface area contributed by atoms with E-state index in [1.807, 2.05) is 0 Å². The zero-order chi connectivity index (χ0) is 42.4. The van der Waals surface area contributed by atoms with Gasteiger partial charge in [0.2, 0.25) is 5.91 Å². The van der Waals surface area contributed by atoms with Crippen LogP contribution in [0.15, 0.2) is 48.6 Å². The summed E-state index contributed by atoms with van der Waals surface area (Å²) in [6, 6.07) is -0.707. The second-order valence-electron chi connectivity index (χ2n) is 16.9. The summed E-state index contributed by atoms with van der Waals surface area (Å²) in [4.78, 5) is 26.1. The molecule has 0 spiro atoms. The number of hydrogen-bond donors (Lipinski definition) is 3. The van der Waals surface area contributed by atoms with Gasteiger partial charge in [0.15, 0.2) is 0 Å². The van der Waals surface area contributed by atoms with E-state index in [4.69, 9.17) is 4.74 Å². The van der Waals surface area contributed by atoms with Crippen molar-refractivity contribution in [3.05, 3.63) is 48.6 Å². The van der Waals surface area contributed by atoms with Gasteiger partial charge in [-0.1, -0.05) is 211 Å². The van der Waals surface area contributed by atoms with Crippen LogP contribution < -0.4 is 5.32 Å². The molecule has 0 aromatic rings. The number of nitrogens with one attached hydrogen (secondary N) is 1. The molecule has 0 saturated carbocycles. The van der Waals surface area contributed by atoms with Gasteiger partial charge in [-0.15, -0.1) is 0 Å². The third kappa shape index (κ3) is 40.6. The Balaban J connectivity index is 4.61. The number of carbonyl (C=O) groups excluding carboxylic acids is 2. The van der Waals surface area contributed by atoms with Gasteiger partial charge >= 0.3 is 5.97 Å². The van der Waals surface area contributed by atoms with Gasteiger partial charge in [0.1, 0.15) is 6.10 Å². The predicted octanol–water partition coefficient (Wildman–Crippen LogP) is 14.7. The average Bonchev–Trinajstić information content (AvgIpc) is 3.22. The van der Waals surface area contributed by atoms with Crippen molar-refractivity contribution in [3.63, 3.8) is 0 Å². The summed E-state index contributed by atoms with van der Waals surface area (Å²) >= 11 is 0. The number of amides is 1. The van der Waals surface area contributed by atoms with E-state index in [0.717, 1.165) is 89.9 Å². The van der Waals surface area contributed by atoms with Crippen molar-refractivity contribution in [2.24, 2.45) is 0 Å². The lowest BCUT2D eigenvalue weighted by Gasteiger charge is -2.24. The first-order valence-electron chi connectivity index (χ1n) is 24.9. The van der Waals surface area contributed by atoms with Crippen molar-refractivity contribution in [3.8, 4) is 0 Å². The van der Waals surface area contributed by atoms with Gasteiger partial charge in [0.25, 0.3) is 0 Å². The van der Waals surface area contributed by atoms with Gasteiger partial charge in [0.05, 0.1) is 25.2 Å². The molecule has 6 nitrogen and oxygen atoms in total. The lowest BCUT2D eigenvalue weighted by Crippen LogP contribution is -2.46. The fraction of sp³-hybridized carbons (Fsp3) is 0.808. The highest BCUT2D eigenvalue weighted by Gasteiger charge is 2.24. The minimum atomic E-state index is -0.792. The van der Waals surface area contributed by atoms with Crippen LogP contribution in [-0.4, -0.2) is 46.9 Å². The van der Waals surface area contributed by atoms with Crippen molar-refractivity contribution in [2.45, 2.75) is 264 Å². The number of allylic oxidation sites excluding steroid dienone is 8. The number of unbranched alkanes of at least 4 members (excludes halogenated alkanes) is 26. The highest BCUT2D eigenvalue weighted by Crippen LogP contribution is 2.18. The fourth-order valence-corrected chi connectivity index (χ4v) is 7.42. The molecule has 0 heterocycles. The van der Waals surface area contributed by atoms with Crippen LogP contribution in [0, 0.1) is 0 Å². The number of carbonyl (C=O) groups is 2. The highest BCUT2D eigenvalue weighted by atomic mass is 16.5. The van der Waals surface area contributed by atoms with Gasteiger partial charge in [-0.25, -0.2) is 0 Å². The summed E-state index contributed by atoms with van der Waals surface area (Å²) in [6.07, 6.45) is 54.5. The molecule has 0 aromatic carbocycles. The van der Waals surface area contributed by atoms with Crippen LogP contribution >= 0.6 is 0 Å². The van der Waals surface area contributed by atoms with E-state index in [-0.39, 0.29) is 24.9 Å². The molecule has 0 aromatic heterocycles. The van der Waals surface area contributed by atoms with Crippen LogP contribution in [0.3, 0.4) is 0 Å². The van der Waals surface area contributed by atoms with Crippen molar-refractivity contribution in [1.29, 1.82) is 0 Å². The molecule has 1 amide bonds. The van der Waals surface area contributed by atoms with E-state index in [1.54, 1.807) is 0 Å². The van der Waals surface area contributed by atoms with Crippen LogP contribution in [0.5, 0.6) is 0 Å². The smallest absolute Gasteiger partial charge is 0.306 e. The Bertz CT molecular complexity index is 1000. The van der Waals surface area contributed by atoms with Gasteiger partial charge in [-0.2, -0.15) is 0 Å². The van der Waals surface area contributed by atoms with Crippen molar-refractivity contribution < 1.29 is 24.5 Å². The topological polar surface area (TPSA) is 95.9 Å². The largest absolute Gasteiger partial charge is 0.462 e. The minimum Gasteiger partial charge on any atom is -0.462 e. The quantitative estimate of drug-likeness (QED) is 0.0246. The molecule has 0 saturated heterocycles. The van der Waals surface area contributed by atoms with E-state index in [0.29, 0.717) is 19.3 Å². The predicted molar refractivity (Wildman–Crippen MR) is 250 cm³/mol. The molecule has 3 unspecified atom stereocenters. The molecule has 3 atom stereocenters. The van der Waals surface area contributed by atoms with E-state index >= 15 is 0 Å². The fourth-order valence-electron chi connectivity index (χ4n) is 7.42. The first-order valence-corrected chi connectivity index (χ1v) is 24.9. The van der Waals surface area contributed by atoms with Gasteiger partial charge in [0, 0.05) is 6.42 Å². The molecule has 0 fully saturated rings. The van der Waals surface area contributed by atoms with E-state index in [9.17, 15) is 19.8 Å². The van der Waals surface area contributed by atoms with Gasteiger partial charge in [-0.05, 0) is 70.6 Å². The third-order valence-electron chi connectivity index (χ3n) is 11.2. The summed E-state index contributed by atoms with van der Waals surface area (Å²) in [5.41, 5.74) is 0.